The Morgan fingerprint density at radius 2 is 1.79 bits per heavy atom. The van der Waals surface area contributed by atoms with Crippen molar-refractivity contribution in [3.8, 4) is 5.82 Å². The highest BCUT2D eigenvalue weighted by Crippen LogP contribution is 2.30. The average molecular weight is 541 g/mol. The molecule has 3 aromatic rings. The lowest BCUT2D eigenvalue weighted by atomic mass is 9.91. The number of fused-ring (bicyclic) bond motifs is 1. The molecule has 1 saturated carbocycles. The maximum Gasteiger partial charge on any atom is 0.296 e. The summed E-state index contributed by atoms with van der Waals surface area (Å²) in [4.78, 5) is 28.2. The van der Waals surface area contributed by atoms with Crippen molar-refractivity contribution >= 4 is 28.7 Å². The molecule has 0 spiro atoms. The van der Waals surface area contributed by atoms with E-state index in [0.717, 1.165) is 45.1 Å². The quantitative estimate of drug-likeness (QED) is 0.419. The van der Waals surface area contributed by atoms with Crippen LogP contribution in [0.15, 0.2) is 30.3 Å². The number of para-hydroxylation sites is 2. The minimum absolute atomic E-state index is 0.0729. The number of nitrogens with zero attached hydrogens (tertiary/aromatic N) is 5. The van der Waals surface area contributed by atoms with E-state index in [4.69, 9.17) is 14.7 Å². The van der Waals surface area contributed by atoms with Gasteiger partial charge in [0.25, 0.3) is 6.43 Å². The number of hydrogen-bond donors (Lipinski definition) is 3. The molecule has 1 aliphatic carbocycles. The summed E-state index contributed by atoms with van der Waals surface area (Å²) in [5.74, 6) is 1.16. The number of imidazole rings is 1. The lowest BCUT2D eigenvalue weighted by Gasteiger charge is -2.31. The zero-order chi connectivity index (χ0) is 26.8. The van der Waals surface area contributed by atoms with Gasteiger partial charge in [0.2, 0.25) is 11.9 Å². The van der Waals surface area contributed by atoms with Crippen LogP contribution in [0.1, 0.15) is 50.8 Å². The summed E-state index contributed by atoms with van der Waals surface area (Å²) >= 11 is 0. The first kappa shape index (κ1) is 25.9. The molecule has 1 amide bonds. The molecule has 6 rings (SSSR count). The van der Waals surface area contributed by atoms with Gasteiger partial charge in [0.15, 0.2) is 5.82 Å². The fourth-order valence-electron chi connectivity index (χ4n) is 5.75. The number of halogens is 2. The van der Waals surface area contributed by atoms with Gasteiger partial charge in [-0.25, -0.2) is 13.8 Å². The van der Waals surface area contributed by atoms with E-state index in [2.05, 4.69) is 20.9 Å². The number of alkyl halides is 2. The molecule has 0 bridgehead atoms. The molecular formula is C27H34F2N8O2. The number of aromatic nitrogens is 4. The van der Waals surface area contributed by atoms with Crippen molar-refractivity contribution in [1.29, 1.82) is 0 Å². The van der Waals surface area contributed by atoms with Gasteiger partial charge >= 0.3 is 0 Å². The van der Waals surface area contributed by atoms with Crippen molar-refractivity contribution in [2.24, 2.45) is 0 Å². The molecule has 2 saturated heterocycles. The molecule has 3 aliphatic rings. The molecule has 10 nitrogen and oxygen atoms in total. The molecule has 208 valence electrons. The zero-order valence-electron chi connectivity index (χ0n) is 21.8. The maximum atomic E-state index is 14.1. The standard InChI is InChI=1S/C27H34F2N8O2/c28-24(29)25-33-19-4-1-2-6-21(19)37(25)23-16-22(34-27(35-23)36-12-14-39-15-13-36)31-17-7-9-18(10-8-17)32-26(38)20-5-3-11-30-20/h1-2,4,6,16-18,20,24,30H,3,5,7-15H2,(H,32,38)(H,31,34,35)/t17-,18-,20-/m0/s1. The molecule has 0 unspecified atom stereocenters. The van der Waals surface area contributed by atoms with Crippen LogP contribution in [0.2, 0.25) is 0 Å². The number of ether oxygens (including phenoxy) is 1. The summed E-state index contributed by atoms with van der Waals surface area (Å²) in [7, 11) is 0. The number of morpholine rings is 1. The third kappa shape index (κ3) is 5.67. The zero-order valence-corrected chi connectivity index (χ0v) is 21.8. The summed E-state index contributed by atoms with van der Waals surface area (Å²) in [5.41, 5.74) is 1.06. The van der Waals surface area contributed by atoms with Crippen molar-refractivity contribution in [3.63, 3.8) is 0 Å². The molecule has 39 heavy (non-hydrogen) atoms. The highest BCUT2D eigenvalue weighted by Gasteiger charge is 2.28. The Morgan fingerprint density at radius 3 is 2.54 bits per heavy atom. The Bertz CT molecular complexity index is 1300. The summed E-state index contributed by atoms with van der Waals surface area (Å²) in [5, 5.41) is 9.99. The molecule has 3 N–H and O–H groups in total. The fourth-order valence-corrected chi connectivity index (χ4v) is 5.75. The topological polar surface area (TPSA) is 109 Å². The molecule has 1 atom stereocenters. The van der Waals surface area contributed by atoms with Crippen LogP contribution in [0.25, 0.3) is 16.9 Å². The van der Waals surface area contributed by atoms with Gasteiger partial charge in [-0.15, -0.1) is 0 Å². The molecule has 2 aliphatic heterocycles. The predicted molar refractivity (Wildman–Crippen MR) is 143 cm³/mol. The summed E-state index contributed by atoms with van der Waals surface area (Å²) in [6, 6.07) is 9.05. The summed E-state index contributed by atoms with van der Waals surface area (Å²) in [6.07, 6.45) is 2.63. The van der Waals surface area contributed by atoms with Gasteiger partial charge in [-0.2, -0.15) is 9.97 Å². The van der Waals surface area contributed by atoms with E-state index in [0.29, 0.717) is 54.9 Å². The first-order valence-corrected chi connectivity index (χ1v) is 13.8. The van der Waals surface area contributed by atoms with Crippen LogP contribution in [0.3, 0.4) is 0 Å². The van der Waals surface area contributed by atoms with Crippen molar-refractivity contribution in [1.82, 2.24) is 30.2 Å². The molecular weight excluding hydrogens is 506 g/mol. The summed E-state index contributed by atoms with van der Waals surface area (Å²) < 4.78 is 35.1. The van der Waals surface area contributed by atoms with Gasteiger partial charge in [0.05, 0.1) is 30.3 Å². The van der Waals surface area contributed by atoms with Crippen LogP contribution < -0.4 is 20.9 Å². The second kappa shape index (κ2) is 11.4. The second-order valence-electron chi connectivity index (χ2n) is 10.5. The smallest absolute Gasteiger partial charge is 0.296 e. The van der Waals surface area contributed by atoms with E-state index in [1.54, 1.807) is 30.3 Å². The molecule has 1 aromatic carbocycles. The van der Waals surface area contributed by atoms with Crippen LogP contribution in [0.5, 0.6) is 0 Å². The summed E-state index contributed by atoms with van der Waals surface area (Å²) in [6.45, 7) is 3.25. The highest BCUT2D eigenvalue weighted by atomic mass is 19.3. The van der Waals surface area contributed by atoms with Crippen LogP contribution in [-0.2, 0) is 9.53 Å². The average Bonchev–Trinajstić information content (AvgIpc) is 3.63. The van der Waals surface area contributed by atoms with Gasteiger partial charge < -0.3 is 25.6 Å². The molecule has 12 heteroatoms. The minimum Gasteiger partial charge on any atom is -0.378 e. The maximum absolute atomic E-state index is 14.1. The number of anilines is 2. The number of carbonyl (C=O) groups is 1. The van der Waals surface area contributed by atoms with E-state index in [1.807, 2.05) is 4.90 Å². The van der Waals surface area contributed by atoms with Gasteiger partial charge in [-0.05, 0) is 57.2 Å². The van der Waals surface area contributed by atoms with Crippen LogP contribution in [0.4, 0.5) is 20.5 Å². The van der Waals surface area contributed by atoms with Gasteiger partial charge in [0, 0.05) is 31.2 Å². The van der Waals surface area contributed by atoms with Gasteiger partial charge in [0.1, 0.15) is 11.6 Å². The number of hydrogen-bond acceptors (Lipinski definition) is 8. The Kier molecular flexibility index (Phi) is 7.55. The Balaban J connectivity index is 1.24. The number of amides is 1. The van der Waals surface area contributed by atoms with Gasteiger partial charge in [-0.1, -0.05) is 12.1 Å². The normalized spacial score (nSPS) is 23.9. The third-order valence-electron chi connectivity index (χ3n) is 7.81. The van der Waals surface area contributed by atoms with Crippen molar-refractivity contribution in [3.05, 3.63) is 36.2 Å². The number of rotatable bonds is 7. The second-order valence-corrected chi connectivity index (χ2v) is 10.5. The Labute approximate surface area is 225 Å². The van der Waals surface area contributed by atoms with E-state index in [9.17, 15) is 13.6 Å². The van der Waals surface area contributed by atoms with Crippen molar-refractivity contribution in [2.45, 2.75) is 63.1 Å². The third-order valence-corrected chi connectivity index (χ3v) is 7.81. The fraction of sp³-hybridized carbons (Fsp3) is 0.556. The first-order chi connectivity index (χ1) is 19.0. The van der Waals surface area contributed by atoms with Crippen LogP contribution >= 0.6 is 0 Å². The first-order valence-electron chi connectivity index (χ1n) is 13.8. The largest absolute Gasteiger partial charge is 0.378 e. The van der Waals surface area contributed by atoms with E-state index in [-0.39, 0.29) is 29.9 Å². The monoisotopic (exact) mass is 540 g/mol. The number of benzene rings is 1. The number of carbonyl (C=O) groups excluding carboxylic acids is 1. The van der Waals surface area contributed by atoms with Crippen LogP contribution in [0, 0.1) is 0 Å². The molecule has 2 aromatic heterocycles. The van der Waals surface area contributed by atoms with E-state index >= 15 is 0 Å². The predicted octanol–water partition coefficient (Wildman–Crippen LogP) is 3.18. The SMILES string of the molecule is O=C(N[C@H]1CC[C@H](Nc2cc(-n3c(C(F)F)nc4ccccc43)nc(N3CCOCC3)n2)CC1)[C@@H]1CCCN1. The Morgan fingerprint density at radius 1 is 1.03 bits per heavy atom. The number of nitrogens with one attached hydrogen (secondary N) is 3. The minimum atomic E-state index is -2.76. The van der Waals surface area contributed by atoms with Crippen molar-refractivity contribution in [2.75, 3.05) is 43.1 Å². The molecule has 3 fully saturated rings. The van der Waals surface area contributed by atoms with E-state index in [1.165, 1.54) is 4.57 Å². The van der Waals surface area contributed by atoms with Crippen molar-refractivity contribution < 1.29 is 18.3 Å². The van der Waals surface area contributed by atoms with Crippen LogP contribution in [-0.4, -0.2) is 76.4 Å². The highest BCUT2D eigenvalue weighted by molar-refractivity contribution is 5.82. The molecule has 4 heterocycles. The lowest BCUT2D eigenvalue weighted by molar-refractivity contribution is -0.123. The van der Waals surface area contributed by atoms with Gasteiger partial charge in [-0.3, -0.25) is 9.36 Å². The molecule has 0 radical (unpaired) electrons. The Hall–Kier alpha value is -3.38. The lowest BCUT2D eigenvalue weighted by Crippen LogP contribution is -2.47. The van der Waals surface area contributed by atoms with E-state index < -0.39 is 6.43 Å².